The summed E-state index contributed by atoms with van der Waals surface area (Å²) in [5, 5.41) is 3.50. The summed E-state index contributed by atoms with van der Waals surface area (Å²) in [5.74, 6) is 1.37. The topological polar surface area (TPSA) is 34.2 Å². The van der Waals surface area contributed by atoms with E-state index in [-0.39, 0.29) is 0 Å². The molecule has 1 aromatic rings. The van der Waals surface area contributed by atoms with Crippen molar-refractivity contribution in [3.8, 4) is 5.88 Å². The summed E-state index contributed by atoms with van der Waals surface area (Å²) in [7, 11) is 1.66. The van der Waals surface area contributed by atoms with Gasteiger partial charge in [-0.25, -0.2) is 4.98 Å². The minimum absolute atomic E-state index is 0.552. The summed E-state index contributed by atoms with van der Waals surface area (Å²) in [6.07, 6.45) is 4.08. The summed E-state index contributed by atoms with van der Waals surface area (Å²) in [6, 6.07) is 4.65. The van der Waals surface area contributed by atoms with E-state index in [1.165, 1.54) is 12.0 Å². The maximum absolute atomic E-state index is 5.14. The maximum Gasteiger partial charge on any atom is 0.213 e. The van der Waals surface area contributed by atoms with E-state index in [0.29, 0.717) is 17.8 Å². The van der Waals surface area contributed by atoms with Gasteiger partial charge in [0, 0.05) is 18.3 Å². The molecule has 17 heavy (non-hydrogen) atoms. The van der Waals surface area contributed by atoms with Crippen molar-refractivity contribution in [3.63, 3.8) is 0 Å². The highest BCUT2D eigenvalue weighted by molar-refractivity contribution is 5.20. The number of ether oxygens (including phenoxy) is 1. The van der Waals surface area contributed by atoms with Crippen LogP contribution in [0.15, 0.2) is 18.3 Å². The van der Waals surface area contributed by atoms with Gasteiger partial charge in [0.15, 0.2) is 0 Å². The first-order valence-corrected chi connectivity index (χ1v) is 6.38. The second kappa shape index (κ2) is 7.28. The predicted molar refractivity (Wildman–Crippen MR) is 71.4 cm³/mol. The number of rotatable bonds is 7. The average Bonchev–Trinajstić information content (AvgIpc) is 2.34. The Hall–Kier alpha value is -1.09. The molecule has 96 valence electrons. The van der Waals surface area contributed by atoms with Gasteiger partial charge in [-0.1, -0.05) is 27.2 Å². The molecule has 0 saturated carbocycles. The highest BCUT2D eigenvalue weighted by Crippen LogP contribution is 2.15. The zero-order chi connectivity index (χ0) is 12.7. The standard InChI is InChI=1S/C14H24N2O/c1-5-12(10-16-11(2)3)8-13-6-7-15-14(9-13)17-4/h6-7,9,11-12,16H,5,8,10H2,1-4H3. The van der Waals surface area contributed by atoms with Crippen molar-refractivity contribution < 1.29 is 4.74 Å². The zero-order valence-corrected chi connectivity index (χ0v) is 11.4. The molecule has 1 heterocycles. The van der Waals surface area contributed by atoms with Crippen molar-refractivity contribution in [1.82, 2.24) is 10.3 Å². The van der Waals surface area contributed by atoms with Gasteiger partial charge in [0.2, 0.25) is 5.88 Å². The van der Waals surface area contributed by atoms with Crippen LogP contribution in [0.3, 0.4) is 0 Å². The van der Waals surface area contributed by atoms with Crippen molar-refractivity contribution in [1.29, 1.82) is 0 Å². The Morgan fingerprint density at radius 2 is 2.18 bits per heavy atom. The Morgan fingerprint density at radius 3 is 2.76 bits per heavy atom. The van der Waals surface area contributed by atoms with Gasteiger partial charge in [0.05, 0.1) is 7.11 Å². The van der Waals surface area contributed by atoms with Gasteiger partial charge in [-0.15, -0.1) is 0 Å². The lowest BCUT2D eigenvalue weighted by Crippen LogP contribution is -2.29. The summed E-state index contributed by atoms with van der Waals surface area (Å²) < 4.78 is 5.14. The molecule has 0 bridgehead atoms. The molecule has 1 atom stereocenters. The van der Waals surface area contributed by atoms with Crippen LogP contribution in [0, 0.1) is 5.92 Å². The third kappa shape index (κ3) is 5.18. The summed E-state index contributed by atoms with van der Waals surface area (Å²) >= 11 is 0. The second-order valence-electron chi connectivity index (χ2n) is 4.75. The lowest BCUT2D eigenvalue weighted by atomic mass is 9.97. The summed E-state index contributed by atoms with van der Waals surface area (Å²) in [5.41, 5.74) is 1.30. The molecular weight excluding hydrogens is 212 g/mol. The smallest absolute Gasteiger partial charge is 0.213 e. The van der Waals surface area contributed by atoms with Crippen LogP contribution in [0.25, 0.3) is 0 Å². The van der Waals surface area contributed by atoms with E-state index in [0.717, 1.165) is 13.0 Å². The first-order chi connectivity index (χ1) is 8.15. The fourth-order valence-electron chi connectivity index (χ4n) is 1.79. The summed E-state index contributed by atoms with van der Waals surface area (Å²) in [6.45, 7) is 7.67. The molecule has 1 unspecified atom stereocenters. The van der Waals surface area contributed by atoms with Crippen LogP contribution in [0.5, 0.6) is 5.88 Å². The van der Waals surface area contributed by atoms with Gasteiger partial charge in [0.1, 0.15) is 0 Å². The Labute approximate surface area is 105 Å². The molecule has 0 aliphatic rings. The Bertz CT molecular complexity index is 326. The number of nitrogens with zero attached hydrogens (tertiary/aromatic N) is 1. The van der Waals surface area contributed by atoms with Gasteiger partial charge in [-0.05, 0) is 30.5 Å². The van der Waals surface area contributed by atoms with Crippen LogP contribution in [0.1, 0.15) is 32.8 Å². The molecule has 1 N–H and O–H groups in total. The lowest BCUT2D eigenvalue weighted by molar-refractivity contribution is 0.395. The van der Waals surface area contributed by atoms with E-state index in [1.54, 1.807) is 7.11 Å². The van der Waals surface area contributed by atoms with Crippen LogP contribution >= 0.6 is 0 Å². The zero-order valence-electron chi connectivity index (χ0n) is 11.4. The molecular formula is C14H24N2O. The first-order valence-electron chi connectivity index (χ1n) is 6.38. The van der Waals surface area contributed by atoms with Gasteiger partial charge >= 0.3 is 0 Å². The van der Waals surface area contributed by atoms with E-state index in [1.807, 2.05) is 12.3 Å². The molecule has 0 aliphatic carbocycles. The van der Waals surface area contributed by atoms with E-state index < -0.39 is 0 Å². The normalized spacial score (nSPS) is 12.8. The van der Waals surface area contributed by atoms with E-state index in [9.17, 15) is 0 Å². The SMILES string of the molecule is CCC(CNC(C)C)Cc1ccnc(OC)c1. The van der Waals surface area contributed by atoms with E-state index >= 15 is 0 Å². The molecule has 0 spiro atoms. The van der Waals surface area contributed by atoms with Crippen molar-refractivity contribution >= 4 is 0 Å². The minimum atomic E-state index is 0.552. The fourth-order valence-corrected chi connectivity index (χ4v) is 1.79. The van der Waals surface area contributed by atoms with Gasteiger partial charge < -0.3 is 10.1 Å². The highest BCUT2D eigenvalue weighted by Gasteiger charge is 2.08. The Morgan fingerprint density at radius 1 is 1.41 bits per heavy atom. The van der Waals surface area contributed by atoms with Crippen molar-refractivity contribution in [2.75, 3.05) is 13.7 Å². The van der Waals surface area contributed by atoms with Gasteiger partial charge in [-0.2, -0.15) is 0 Å². The number of aromatic nitrogens is 1. The maximum atomic E-state index is 5.14. The molecule has 0 saturated heterocycles. The quantitative estimate of drug-likeness (QED) is 0.790. The third-order valence-corrected chi connectivity index (χ3v) is 2.92. The van der Waals surface area contributed by atoms with E-state index in [4.69, 9.17) is 4.74 Å². The number of methoxy groups -OCH3 is 1. The highest BCUT2D eigenvalue weighted by atomic mass is 16.5. The second-order valence-corrected chi connectivity index (χ2v) is 4.75. The van der Waals surface area contributed by atoms with Crippen LogP contribution < -0.4 is 10.1 Å². The minimum Gasteiger partial charge on any atom is -0.481 e. The van der Waals surface area contributed by atoms with Crippen LogP contribution in [-0.4, -0.2) is 24.7 Å². The van der Waals surface area contributed by atoms with Crippen molar-refractivity contribution in [3.05, 3.63) is 23.9 Å². The molecule has 0 amide bonds. The largest absolute Gasteiger partial charge is 0.481 e. The molecule has 0 aliphatic heterocycles. The Balaban J connectivity index is 2.54. The molecule has 0 aromatic carbocycles. The lowest BCUT2D eigenvalue weighted by Gasteiger charge is -2.17. The van der Waals surface area contributed by atoms with Crippen molar-refractivity contribution in [2.45, 2.75) is 39.7 Å². The number of nitrogens with one attached hydrogen (secondary N) is 1. The molecule has 1 aromatic heterocycles. The number of pyridine rings is 1. The predicted octanol–water partition coefficient (Wildman–Crippen LogP) is 2.66. The molecule has 0 fully saturated rings. The van der Waals surface area contributed by atoms with E-state index in [2.05, 4.69) is 37.1 Å². The average molecular weight is 236 g/mol. The van der Waals surface area contributed by atoms with Crippen LogP contribution in [0.4, 0.5) is 0 Å². The van der Waals surface area contributed by atoms with Gasteiger partial charge in [0.25, 0.3) is 0 Å². The monoisotopic (exact) mass is 236 g/mol. The van der Waals surface area contributed by atoms with Crippen LogP contribution in [-0.2, 0) is 6.42 Å². The molecule has 3 nitrogen and oxygen atoms in total. The molecule has 0 radical (unpaired) electrons. The number of hydrogen-bond acceptors (Lipinski definition) is 3. The number of hydrogen-bond donors (Lipinski definition) is 1. The fraction of sp³-hybridized carbons (Fsp3) is 0.643. The Kier molecular flexibility index (Phi) is 5.98. The van der Waals surface area contributed by atoms with Gasteiger partial charge in [-0.3, -0.25) is 0 Å². The first kappa shape index (κ1) is 14.0. The molecule has 1 rings (SSSR count). The van der Waals surface area contributed by atoms with Crippen molar-refractivity contribution in [2.24, 2.45) is 5.92 Å². The summed E-state index contributed by atoms with van der Waals surface area (Å²) in [4.78, 5) is 4.13. The molecule has 3 heteroatoms. The van der Waals surface area contributed by atoms with Crippen LogP contribution in [0.2, 0.25) is 0 Å². The third-order valence-electron chi connectivity index (χ3n) is 2.92.